The molecule has 0 spiro atoms. The van der Waals surface area contributed by atoms with Gasteiger partial charge in [-0.15, -0.1) is 0 Å². The molecule has 1 fully saturated rings. The van der Waals surface area contributed by atoms with E-state index in [4.69, 9.17) is 16.7 Å². The Kier molecular flexibility index (Phi) is 5.07. The Morgan fingerprint density at radius 2 is 1.89 bits per heavy atom. The molecule has 2 aromatic rings. The molecule has 0 saturated carbocycles. The van der Waals surface area contributed by atoms with E-state index in [-0.39, 0.29) is 34.5 Å². The van der Waals surface area contributed by atoms with Crippen molar-refractivity contribution in [1.82, 2.24) is 0 Å². The maximum atomic E-state index is 13.1. The number of sulfonamides is 1. The lowest BCUT2D eigenvalue weighted by Crippen LogP contribution is -2.25. The molecule has 1 unspecified atom stereocenters. The van der Waals surface area contributed by atoms with Crippen molar-refractivity contribution in [2.45, 2.75) is 11.3 Å². The van der Waals surface area contributed by atoms with Gasteiger partial charge in [0.1, 0.15) is 5.82 Å². The van der Waals surface area contributed by atoms with Crippen molar-refractivity contribution in [1.29, 1.82) is 0 Å². The molecule has 0 aromatic heterocycles. The zero-order valence-corrected chi connectivity index (χ0v) is 15.3. The van der Waals surface area contributed by atoms with Crippen LogP contribution in [0.5, 0.6) is 0 Å². The third kappa shape index (κ3) is 4.04. The maximum absolute atomic E-state index is 13.1. The van der Waals surface area contributed by atoms with Crippen LogP contribution in [0.15, 0.2) is 47.4 Å². The fourth-order valence-corrected chi connectivity index (χ4v) is 4.05. The largest absolute Gasteiger partial charge is 0.481 e. The van der Waals surface area contributed by atoms with Gasteiger partial charge in [-0.3, -0.25) is 14.3 Å². The molecule has 7 nitrogen and oxygen atoms in total. The summed E-state index contributed by atoms with van der Waals surface area (Å²) in [7, 11) is -3.98. The predicted octanol–water partition coefficient (Wildman–Crippen LogP) is 2.72. The highest BCUT2D eigenvalue weighted by Crippen LogP contribution is 2.28. The fourth-order valence-electron chi connectivity index (χ4n) is 2.70. The van der Waals surface area contributed by atoms with Crippen molar-refractivity contribution < 1.29 is 27.5 Å². The van der Waals surface area contributed by atoms with E-state index in [1.807, 2.05) is 0 Å². The molecule has 2 N–H and O–H groups in total. The van der Waals surface area contributed by atoms with Gasteiger partial charge in [0, 0.05) is 18.7 Å². The van der Waals surface area contributed by atoms with Crippen LogP contribution < -0.4 is 9.62 Å². The van der Waals surface area contributed by atoms with Crippen LogP contribution in [0, 0.1) is 11.7 Å². The van der Waals surface area contributed by atoms with E-state index < -0.39 is 27.7 Å². The Bertz CT molecular complexity index is 1010. The summed E-state index contributed by atoms with van der Waals surface area (Å²) in [5.74, 6) is -2.77. The number of hydrogen-bond acceptors (Lipinski definition) is 4. The molecular weight excluding hydrogens is 399 g/mol. The molecule has 3 rings (SSSR count). The van der Waals surface area contributed by atoms with Crippen LogP contribution in [0.4, 0.5) is 15.8 Å². The first-order valence-corrected chi connectivity index (χ1v) is 9.64. The van der Waals surface area contributed by atoms with Crippen LogP contribution in [-0.4, -0.2) is 31.9 Å². The Balaban J connectivity index is 1.80. The van der Waals surface area contributed by atoms with Crippen LogP contribution in [0.3, 0.4) is 0 Å². The third-order valence-corrected chi connectivity index (χ3v) is 5.80. The van der Waals surface area contributed by atoms with E-state index in [2.05, 4.69) is 4.72 Å². The topological polar surface area (TPSA) is 104 Å². The minimum absolute atomic E-state index is 0.0289. The molecule has 1 amide bonds. The minimum Gasteiger partial charge on any atom is -0.481 e. The Hall–Kier alpha value is -2.65. The molecule has 0 aliphatic carbocycles. The van der Waals surface area contributed by atoms with Gasteiger partial charge >= 0.3 is 5.97 Å². The molecule has 142 valence electrons. The number of carbonyl (C=O) groups is 2. The second-order valence-electron chi connectivity index (χ2n) is 5.97. The first kappa shape index (κ1) is 19.1. The number of benzene rings is 2. The van der Waals surface area contributed by atoms with E-state index in [1.54, 1.807) is 0 Å². The van der Waals surface area contributed by atoms with Gasteiger partial charge in [0.05, 0.1) is 21.5 Å². The number of aliphatic carboxylic acids is 1. The normalized spacial score (nSPS) is 17.2. The summed E-state index contributed by atoms with van der Waals surface area (Å²) in [6, 6.07) is 8.68. The van der Waals surface area contributed by atoms with Crippen molar-refractivity contribution in [2.24, 2.45) is 5.92 Å². The number of rotatable bonds is 5. The van der Waals surface area contributed by atoms with E-state index in [0.29, 0.717) is 5.69 Å². The number of amides is 1. The Morgan fingerprint density at radius 1 is 1.22 bits per heavy atom. The number of carboxylic acids is 1. The number of halogens is 2. The molecular formula is C17H14ClFN2O5S. The van der Waals surface area contributed by atoms with Crippen molar-refractivity contribution in [3.63, 3.8) is 0 Å². The first-order valence-electron chi connectivity index (χ1n) is 7.78. The van der Waals surface area contributed by atoms with Crippen LogP contribution in [0.2, 0.25) is 5.02 Å². The van der Waals surface area contributed by atoms with Gasteiger partial charge in [-0.05, 0) is 42.5 Å². The second kappa shape index (κ2) is 7.16. The lowest BCUT2D eigenvalue weighted by Gasteiger charge is -2.17. The molecule has 2 aromatic carbocycles. The summed E-state index contributed by atoms with van der Waals surface area (Å²) < 4.78 is 40.2. The van der Waals surface area contributed by atoms with Gasteiger partial charge < -0.3 is 10.0 Å². The predicted molar refractivity (Wildman–Crippen MR) is 96.8 cm³/mol. The minimum atomic E-state index is -3.98. The van der Waals surface area contributed by atoms with Crippen molar-refractivity contribution >= 4 is 44.9 Å². The smallest absolute Gasteiger partial charge is 0.308 e. The standard InChI is InChI=1S/C17H14ClFN2O5S/c18-14-8-11(19)1-6-15(14)20-27(25,26)13-4-2-12(3-5-13)21-9-10(17(23)24)7-16(21)22/h1-6,8,10,20H,7,9H2,(H,23,24). The molecule has 1 aliphatic heterocycles. The zero-order chi connectivity index (χ0) is 19.8. The number of carbonyl (C=O) groups excluding carboxylic acids is 1. The molecule has 1 saturated heterocycles. The molecule has 0 bridgehead atoms. The van der Waals surface area contributed by atoms with Crippen LogP contribution in [0.1, 0.15) is 6.42 Å². The monoisotopic (exact) mass is 412 g/mol. The SMILES string of the molecule is O=C(O)C1CC(=O)N(c2ccc(S(=O)(=O)Nc3ccc(F)cc3Cl)cc2)C1. The van der Waals surface area contributed by atoms with Crippen LogP contribution in [-0.2, 0) is 19.6 Å². The number of nitrogens with zero attached hydrogens (tertiary/aromatic N) is 1. The molecule has 1 aliphatic rings. The average molecular weight is 413 g/mol. The summed E-state index contributed by atoms with van der Waals surface area (Å²) in [4.78, 5) is 24.2. The quantitative estimate of drug-likeness (QED) is 0.785. The van der Waals surface area contributed by atoms with Gasteiger partial charge in [-0.1, -0.05) is 11.6 Å². The van der Waals surface area contributed by atoms with Crippen molar-refractivity contribution in [3.05, 3.63) is 53.3 Å². The summed E-state index contributed by atoms with van der Waals surface area (Å²) in [5, 5.41) is 8.94. The fraction of sp³-hybridized carbons (Fsp3) is 0.176. The average Bonchev–Trinajstić information content (AvgIpc) is 3.00. The number of hydrogen-bond donors (Lipinski definition) is 2. The molecule has 0 radical (unpaired) electrons. The van der Waals surface area contributed by atoms with Gasteiger partial charge in [0.15, 0.2) is 0 Å². The molecule has 10 heteroatoms. The van der Waals surface area contributed by atoms with Crippen LogP contribution in [0.25, 0.3) is 0 Å². The van der Waals surface area contributed by atoms with Crippen molar-refractivity contribution in [2.75, 3.05) is 16.2 Å². The molecule has 27 heavy (non-hydrogen) atoms. The van der Waals surface area contributed by atoms with E-state index in [9.17, 15) is 22.4 Å². The summed E-state index contributed by atoms with van der Waals surface area (Å²) in [6.45, 7) is 0.0314. The molecule has 1 atom stereocenters. The number of carboxylic acid groups (broad SMARTS) is 1. The van der Waals surface area contributed by atoms with E-state index in [0.717, 1.165) is 12.1 Å². The maximum Gasteiger partial charge on any atom is 0.308 e. The lowest BCUT2D eigenvalue weighted by atomic mass is 10.1. The number of anilines is 2. The summed E-state index contributed by atoms with van der Waals surface area (Å²) in [6.07, 6.45) is -0.0972. The van der Waals surface area contributed by atoms with E-state index in [1.165, 1.54) is 35.2 Å². The second-order valence-corrected chi connectivity index (χ2v) is 8.06. The highest BCUT2D eigenvalue weighted by molar-refractivity contribution is 7.92. The zero-order valence-electron chi connectivity index (χ0n) is 13.7. The van der Waals surface area contributed by atoms with Gasteiger partial charge in [-0.2, -0.15) is 0 Å². The van der Waals surface area contributed by atoms with Gasteiger partial charge in [0.2, 0.25) is 5.91 Å². The number of nitrogens with one attached hydrogen (secondary N) is 1. The molecule has 1 heterocycles. The third-order valence-electron chi connectivity index (χ3n) is 4.11. The highest BCUT2D eigenvalue weighted by atomic mass is 35.5. The van der Waals surface area contributed by atoms with Gasteiger partial charge in [0.25, 0.3) is 10.0 Å². The van der Waals surface area contributed by atoms with Crippen molar-refractivity contribution in [3.8, 4) is 0 Å². The van der Waals surface area contributed by atoms with Crippen LogP contribution >= 0.6 is 11.6 Å². The lowest BCUT2D eigenvalue weighted by molar-refractivity contribution is -0.141. The first-order chi connectivity index (χ1) is 12.7. The summed E-state index contributed by atoms with van der Waals surface area (Å²) in [5.41, 5.74) is 0.434. The highest BCUT2D eigenvalue weighted by Gasteiger charge is 2.35. The van der Waals surface area contributed by atoms with Gasteiger partial charge in [-0.25, -0.2) is 12.8 Å². The van der Waals surface area contributed by atoms with E-state index >= 15 is 0 Å². The Labute approximate surface area is 159 Å². The summed E-state index contributed by atoms with van der Waals surface area (Å²) >= 11 is 5.83. The Morgan fingerprint density at radius 3 is 2.44 bits per heavy atom.